The molecule has 1 heterocycles. The number of hydrogen-bond donors (Lipinski definition) is 2. The average Bonchev–Trinajstić information content (AvgIpc) is 2.66. The van der Waals surface area contributed by atoms with Crippen molar-refractivity contribution in [2.24, 2.45) is 0 Å². The van der Waals surface area contributed by atoms with Crippen molar-refractivity contribution in [3.63, 3.8) is 0 Å². The van der Waals surface area contributed by atoms with Gasteiger partial charge in [-0.15, -0.1) is 11.8 Å². The van der Waals surface area contributed by atoms with Crippen molar-refractivity contribution < 1.29 is 22.7 Å². The number of sulfone groups is 1. The number of nitrogens with one attached hydrogen (secondary N) is 2. The first-order valence-corrected chi connectivity index (χ1v) is 11.2. The molecule has 1 aliphatic heterocycles. The van der Waals surface area contributed by atoms with Gasteiger partial charge in [-0.3, -0.25) is 9.59 Å². The van der Waals surface area contributed by atoms with Gasteiger partial charge >= 0.3 is 0 Å². The molecule has 2 amide bonds. The van der Waals surface area contributed by atoms with Gasteiger partial charge in [0.05, 0.1) is 34.9 Å². The van der Waals surface area contributed by atoms with Gasteiger partial charge < -0.3 is 15.4 Å². The normalized spacial score (nSPS) is 13.4. The number of carbonyl (C=O) groups is 2. The van der Waals surface area contributed by atoms with Gasteiger partial charge in [0.15, 0.2) is 9.84 Å². The second kappa shape index (κ2) is 8.24. The van der Waals surface area contributed by atoms with E-state index in [-0.39, 0.29) is 28.7 Å². The van der Waals surface area contributed by atoms with Crippen LogP contribution in [0.4, 0.5) is 11.4 Å². The number of thioether (sulfide) groups is 1. The predicted molar refractivity (Wildman–Crippen MR) is 109 cm³/mol. The van der Waals surface area contributed by atoms with E-state index in [2.05, 4.69) is 10.6 Å². The van der Waals surface area contributed by atoms with Gasteiger partial charge in [0.1, 0.15) is 5.75 Å². The number of ether oxygens (including phenoxy) is 1. The Kier molecular flexibility index (Phi) is 5.95. The second-order valence-electron chi connectivity index (χ2n) is 6.32. The fourth-order valence-corrected chi connectivity index (χ4v) is 4.91. The Bertz CT molecular complexity index is 1030. The van der Waals surface area contributed by atoms with Crippen LogP contribution in [-0.2, 0) is 19.4 Å². The highest BCUT2D eigenvalue weighted by Gasteiger charge is 2.21. The summed E-state index contributed by atoms with van der Waals surface area (Å²) < 4.78 is 30.4. The zero-order valence-corrected chi connectivity index (χ0v) is 17.1. The van der Waals surface area contributed by atoms with Crippen molar-refractivity contribution in [1.82, 2.24) is 0 Å². The Morgan fingerprint density at radius 1 is 1.25 bits per heavy atom. The van der Waals surface area contributed by atoms with Gasteiger partial charge in [-0.25, -0.2) is 8.42 Å². The number of methoxy groups -OCH3 is 1. The molecular weight excluding hydrogens is 400 g/mol. The van der Waals surface area contributed by atoms with Gasteiger partial charge in [-0.05, 0) is 42.8 Å². The van der Waals surface area contributed by atoms with Crippen LogP contribution in [0.2, 0.25) is 0 Å². The maximum Gasteiger partial charge on any atom is 0.234 e. The molecule has 9 heteroatoms. The fourth-order valence-electron chi connectivity index (χ4n) is 2.73. The zero-order valence-electron chi connectivity index (χ0n) is 15.4. The molecule has 0 aliphatic carbocycles. The summed E-state index contributed by atoms with van der Waals surface area (Å²) >= 11 is 1.29. The van der Waals surface area contributed by atoms with E-state index in [1.807, 2.05) is 13.0 Å². The van der Waals surface area contributed by atoms with Gasteiger partial charge in [-0.1, -0.05) is 6.07 Å². The van der Waals surface area contributed by atoms with E-state index in [9.17, 15) is 18.0 Å². The van der Waals surface area contributed by atoms with Crippen molar-refractivity contribution in [2.75, 3.05) is 29.2 Å². The molecule has 28 heavy (non-hydrogen) atoms. The first-order valence-electron chi connectivity index (χ1n) is 8.52. The van der Waals surface area contributed by atoms with Gasteiger partial charge in [0, 0.05) is 11.3 Å². The summed E-state index contributed by atoms with van der Waals surface area (Å²) in [5, 5.41) is 5.40. The Morgan fingerprint density at radius 2 is 2.04 bits per heavy atom. The van der Waals surface area contributed by atoms with E-state index in [0.29, 0.717) is 22.0 Å². The van der Waals surface area contributed by atoms with Gasteiger partial charge in [0.25, 0.3) is 0 Å². The minimum atomic E-state index is -3.64. The van der Waals surface area contributed by atoms with Gasteiger partial charge in [-0.2, -0.15) is 0 Å². The Balaban J connectivity index is 1.67. The quantitative estimate of drug-likeness (QED) is 0.745. The van der Waals surface area contributed by atoms with Crippen LogP contribution in [0.1, 0.15) is 12.0 Å². The van der Waals surface area contributed by atoms with Crippen molar-refractivity contribution in [2.45, 2.75) is 23.1 Å². The smallest absolute Gasteiger partial charge is 0.234 e. The van der Waals surface area contributed by atoms with Crippen LogP contribution < -0.4 is 15.4 Å². The van der Waals surface area contributed by atoms with E-state index in [4.69, 9.17) is 4.74 Å². The summed E-state index contributed by atoms with van der Waals surface area (Å²) in [6.07, 6.45) is -0.180. The lowest BCUT2D eigenvalue weighted by Crippen LogP contribution is -2.20. The minimum absolute atomic E-state index is 0.114. The number of hydrogen-bond acceptors (Lipinski definition) is 6. The molecule has 1 aliphatic rings. The molecule has 2 N–H and O–H groups in total. The summed E-state index contributed by atoms with van der Waals surface area (Å²) in [4.78, 5) is 24.5. The fraction of sp³-hybridized carbons (Fsp3) is 0.263. The lowest BCUT2D eigenvalue weighted by molar-refractivity contribution is -0.116. The van der Waals surface area contributed by atoms with E-state index >= 15 is 0 Å². The number of aryl methyl sites for hydroxylation is 1. The van der Waals surface area contributed by atoms with Crippen LogP contribution >= 0.6 is 11.8 Å². The van der Waals surface area contributed by atoms with E-state index < -0.39 is 15.7 Å². The molecule has 2 aromatic carbocycles. The second-order valence-corrected chi connectivity index (χ2v) is 9.44. The molecule has 148 valence electrons. The van der Waals surface area contributed by atoms with E-state index in [1.165, 1.54) is 31.0 Å². The Labute approximate surface area is 167 Å². The molecule has 0 saturated heterocycles. The van der Waals surface area contributed by atoms with Crippen molar-refractivity contribution >= 4 is 44.8 Å². The standard InChI is InChI=1S/C19H20N2O5S2/c1-12-3-6-16(26-2)15(9-12)21-18(22)7-8-28(24,25)13-4-5-14-17(10-13)27-11-19(23)20-14/h3-6,9-10H,7-8,11H2,1-2H3,(H,20,23)(H,21,22). The van der Waals surface area contributed by atoms with Gasteiger partial charge in [0.2, 0.25) is 11.8 Å². The van der Waals surface area contributed by atoms with Crippen LogP contribution in [-0.4, -0.2) is 38.8 Å². The summed E-state index contributed by atoms with van der Waals surface area (Å²) in [6, 6.07) is 9.92. The molecule has 2 aromatic rings. The summed E-state index contributed by atoms with van der Waals surface area (Å²) in [6.45, 7) is 1.88. The third kappa shape index (κ3) is 4.66. The Hall–Kier alpha value is -2.52. The monoisotopic (exact) mass is 420 g/mol. The molecule has 0 atom stereocenters. The van der Waals surface area contributed by atoms with E-state index in [1.54, 1.807) is 18.2 Å². The number of fused-ring (bicyclic) bond motifs is 1. The molecule has 3 rings (SSSR count). The molecule has 0 saturated carbocycles. The number of amides is 2. The highest BCUT2D eigenvalue weighted by atomic mass is 32.2. The largest absolute Gasteiger partial charge is 0.495 e. The lowest BCUT2D eigenvalue weighted by atomic mass is 10.2. The summed E-state index contributed by atoms with van der Waals surface area (Å²) in [7, 11) is -2.14. The van der Waals surface area contributed by atoms with Crippen LogP contribution in [0, 0.1) is 6.92 Å². The van der Waals surface area contributed by atoms with Crippen LogP contribution in [0.15, 0.2) is 46.2 Å². The average molecular weight is 421 g/mol. The molecule has 7 nitrogen and oxygen atoms in total. The lowest BCUT2D eigenvalue weighted by Gasteiger charge is -2.17. The first-order chi connectivity index (χ1) is 13.3. The highest BCUT2D eigenvalue weighted by molar-refractivity contribution is 8.00. The number of anilines is 2. The topological polar surface area (TPSA) is 102 Å². The third-order valence-electron chi connectivity index (χ3n) is 4.17. The minimum Gasteiger partial charge on any atom is -0.495 e. The molecule has 0 fully saturated rings. The summed E-state index contributed by atoms with van der Waals surface area (Å²) in [5.41, 5.74) is 2.05. The molecule has 0 spiro atoms. The van der Waals surface area contributed by atoms with Crippen LogP contribution in [0.3, 0.4) is 0 Å². The number of rotatable bonds is 6. The van der Waals surface area contributed by atoms with Crippen molar-refractivity contribution in [3.05, 3.63) is 42.0 Å². The molecule has 0 bridgehead atoms. The van der Waals surface area contributed by atoms with Crippen molar-refractivity contribution in [1.29, 1.82) is 0 Å². The maximum absolute atomic E-state index is 12.6. The maximum atomic E-state index is 12.6. The molecule has 0 unspecified atom stereocenters. The predicted octanol–water partition coefficient (Wildman–Crippen LogP) is 2.85. The third-order valence-corrected chi connectivity index (χ3v) is 6.94. The SMILES string of the molecule is COc1ccc(C)cc1NC(=O)CCS(=O)(=O)c1ccc2c(c1)SCC(=O)N2. The molecule has 0 radical (unpaired) electrons. The van der Waals surface area contributed by atoms with Crippen molar-refractivity contribution in [3.8, 4) is 5.75 Å². The summed E-state index contributed by atoms with van der Waals surface area (Å²) in [5.74, 6) is -0.0843. The zero-order chi connectivity index (χ0) is 20.3. The van der Waals surface area contributed by atoms with E-state index in [0.717, 1.165) is 5.56 Å². The molecule has 0 aromatic heterocycles. The Morgan fingerprint density at radius 3 is 2.79 bits per heavy atom. The number of carbonyl (C=O) groups excluding carboxylic acids is 2. The van der Waals surface area contributed by atoms with Crippen LogP contribution in [0.25, 0.3) is 0 Å². The highest BCUT2D eigenvalue weighted by Crippen LogP contribution is 2.33. The number of benzene rings is 2. The first kappa shape index (κ1) is 20.2. The molecular formula is C19H20N2O5S2. The van der Waals surface area contributed by atoms with Crippen LogP contribution in [0.5, 0.6) is 5.75 Å².